The van der Waals surface area contributed by atoms with Crippen LogP contribution in [0.15, 0.2) is 35.7 Å². The Morgan fingerprint density at radius 3 is 2.43 bits per heavy atom. The zero-order chi connectivity index (χ0) is 16.8. The van der Waals surface area contributed by atoms with E-state index in [0.29, 0.717) is 23.1 Å². The number of thiophene rings is 1. The van der Waals surface area contributed by atoms with Gasteiger partial charge >= 0.3 is 6.03 Å². The van der Waals surface area contributed by atoms with E-state index in [4.69, 9.17) is 9.47 Å². The summed E-state index contributed by atoms with van der Waals surface area (Å²) in [5.41, 5.74) is 0.647. The molecule has 2 amide bonds. The Morgan fingerprint density at radius 1 is 1.13 bits per heavy atom. The molecule has 6 heteroatoms. The molecule has 5 nitrogen and oxygen atoms in total. The Balaban J connectivity index is 2.06. The molecule has 1 aromatic carbocycles. The van der Waals surface area contributed by atoms with Crippen molar-refractivity contribution in [2.45, 2.75) is 19.9 Å². The van der Waals surface area contributed by atoms with Crippen LogP contribution in [-0.2, 0) is 0 Å². The summed E-state index contributed by atoms with van der Waals surface area (Å²) in [4.78, 5) is 13.4. The molecule has 0 saturated carbocycles. The maximum Gasteiger partial charge on any atom is 0.319 e. The molecule has 1 heterocycles. The minimum absolute atomic E-state index is 0.0184. The number of carbonyl (C=O) groups is 1. The molecule has 0 radical (unpaired) electrons. The third-order valence-electron chi connectivity index (χ3n) is 3.44. The summed E-state index contributed by atoms with van der Waals surface area (Å²) in [6, 6.07) is 9.02. The summed E-state index contributed by atoms with van der Waals surface area (Å²) < 4.78 is 10.4. The summed E-state index contributed by atoms with van der Waals surface area (Å²) in [6.45, 7) is 4.17. The van der Waals surface area contributed by atoms with Crippen LogP contribution >= 0.6 is 11.3 Å². The molecule has 0 aliphatic heterocycles. The lowest BCUT2D eigenvalue weighted by Crippen LogP contribution is -2.34. The van der Waals surface area contributed by atoms with Gasteiger partial charge in [-0.25, -0.2) is 4.79 Å². The van der Waals surface area contributed by atoms with Crippen LogP contribution in [0.3, 0.4) is 0 Å². The molecular formula is C17H22N2O3S. The topological polar surface area (TPSA) is 59.6 Å². The first-order valence-corrected chi connectivity index (χ1v) is 8.26. The van der Waals surface area contributed by atoms with Crippen LogP contribution in [0.5, 0.6) is 11.5 Å². The summed E-state index contributed by atoms with van der Waals surface area (Å²) in [5, 5.41) is 7.87. The van der Waals surface area contributed by atoms with Crippen molar-refractivity contribution < 1.29 is 14.3 Å². The van der Waals surface area contributed by atoms with Crippen molar-refractivity contribution in [3.63, 3.8) is 0 Å². The van der Waals surface area contributed by atoms with Crippen LogP contribution in [-0.4, -0.2) is 20.3 Å². The minimum Gasteiger partial charge on any atom is -0.493 e. The number of nitrogens with one attached hydrogen (secondary N) is 2. The van der Waals surface area contributed by atoms with E-state index in [2.05, 4.69) is 24.5 Å². The Bertz CT molecular complexity index is 641. The van der Waals surface area contributed by atoms with Gasteiger partial charge in [0.15, 0.2) is 11.5 Å². The highest BCUT2D eigenvalue weighted by atomic mass is 32.1. The average Bonchev–Trinajstić information content (AvgIpc) is 3.06. The van der Waals surface area contributed by atoms with Crippen LogP contribution in [0.2, 0.25) is 0 Å². The van der Waals surface area contributed by atoms with Crippen molar-refractivity contribution in [1.82, 2.24) is 5.32 Å². The Labute approximate surface area is 140 Å². The van der Waals surface area contributed by atoms with Gasteiger partial charge in [0.25, 0.3) is 0 Å². The molecule has 23 heavy (non-hydrogen) atoms. The first-order valence-electron chi connectivity index (χ1n) is 7.38. The molecule has 0 bridgehead atoms. The molecular weight excluding hydrogens is 312 g/mol. The molecule has 0 saturated heterocycles. The van der Waals surface area contributed by atoms with E-state index in [1.54, 1.807) is 43.8 Å². The van der Waals surface area contributed by atoms with Crippen LogP contribution in [0.25, 0.3) is 0 Å². The van der Waals surface area contributed by atoms with Gasteiger partial charge in [-0.2, -0.15) is 0 Å². The predicted molar refractivity (Wildman–Crippen MR) is 93.6 cm³/mol. The fourth-order valence-corrected chi connectivity index (χ4v) is 3.21. The maximum atomic E-state index is 12.3. The van der Waals surface area contributed by atoms with Gasteiger partial charge in [0.1, 0.15) is 0 Å². The molecule has 1 atom stereocenters. The first kappa shape index (κ1) is 17.1. The van der Waals surface area contributed by atoms with Gasteiger partial charge in [0, 0.05) is 16.6 Å². The van der Waals surface area contributed by atoms with Crippen molar-refractivity contribution in [3.8, 4) is 11.5 Å². The van der Waals surface area contributed by atoms with Crippen molar-refractivity contribution in [3.05, 3.63) is 40.6 Å². The molecule has 0 fully saturated rings. The van der Waals surface area contributed by atoms with E-state index in [1.165, 1.54) is 0 Å². The van der Waals surface area contributed by atoms with Crippen molar-refractivity contribution in [2.75, 3.05) is 19.5 Å². The van der Waals surface area contributed by atoms with E-state index in [1.807, 2.05) is 17.5 Å². The van der Waals surface area contributed by atoms with Gasteiger partial charge in [-0.1, -0.05) is 19.9 Å². The van der Waals surface area contributed by atoms with Gasteiger partial charge in [-0.05, 0) is 29.5 Å². The van der Waals surface area contributed by atoms with Crippen LogP contribution in [0, 0.1) is 5.92 Å². The Kier molecular flexibility index (Phi) is 5.87. The predicted octanol–water partition coefficient (Wildman–Crippen LogP) is 4.28. The highest BCUT2D eigenvalue weighted by molar-refractivity contribution is 7.10. The number of methoxy groups -OCH3 is 2. The van der Waals surface area contributed by atoms with E-state index in [0.717, 1.165) is 4.88 Å². The quantitative estimate of drug-likeness (QED) is 0.829. The second kappa shape index (κ2) is 7.87. The third-order valence-corrected chi connectivity index (χ3v) is 4.40. The van der Waals surface area contributed by atoms with Gasteiger partial charge < -0.3 is 20.1 Å². The SMILES string of the molecule is COc1ccc(NC(=O)N[C@H](c2cccs2)C(C)C)cc1OC. The van der Waals surface area contributed by atoms with Gasteiger partial charge in [-0.3, -0.25) is 0 Å². The zero-order valence-electron chi connectivity index (χ0n) is 13.8. The maximum absolute atomic E-state index is 12.3. The molecule has 124 valence electrons. The molecule has 2 rings (SSSR count). The number of ether oxygens (including phenoxy) is 2. The van der Waals surface area contributed by atoms with Crippen LogP contribution in [0.1, 0.15) is 24.8 Å². The summed E-state index contributed by atoms with van der Waals surface area (Å²) in [5.74, 6) is 1.49. The van der Waals surface area contributed by atoms with Gasteiger partial charge in [0.2, 0.25) is 0 Å². The number of anilines is 1. The average molecular weight is 334 g/mol. The second-order valence-electron chi connectivity index (χ2n) is 5.41. The molecule has 2 N–H and O–H groups in total. The van der Waals surface area contributed by atoms with Crippen LogP contribution < -0.4 is 20.1 Å². The second-order valence-corrected chi connectivity index (χ2v) is 6.38. The van der Waals surface area contributed by atoms with Crippen molar-refractivity contribution >= 4 is 23.1 Å². The number of benzene rings is 1. The number of rotatable bonds is 6. The third kappa shape index (κ3) is 4.39. The number of amides is 2. The highest BCUT2D eigenvalue weighted by Gasteiger charge is 2.19. The number of urea groups is 1. The lowest BCUT2D eigenvalue weighted by atomic mass is 10.0. The standard InChI is InChI=1S/C17H22N2O3S/c1-11(2)16(15-6-5-9-23-15)19-17(20)18-12-7-8-13(21-3)14(10-12)22-4/h5-11,16H,1-4H3,(H2,18,19,20)/t16-/m0/s1. The number of hydrogen-bond donors (Lipinski definition) is 2. The van der Waals surface area contributed by atoms with Crippen molar-refractivity contribution in [1.29, 1.82) is 0 Å². The monoisotopic (exact) mass is 334 g/mol. The summed E-state index contributed by atoms with van der Waals surface area (Å²) >= 11 is 1.64. The molecule has 0 spiro atoms. The highest BCUT2D eigenvalue weighted by Crippen LogP contribution is 2.30. The fraction of sp³-hybridized carbons (Fsp3) is 0.353. The largest absolute Gasteiger partial charge is 0.493 e. The smallest absolute Gasteiger partial charge is 0.319 e. The molecule has 0 aliphatic rings. The number of carbonyl (C=O) groups excluding carboxylic acids is 1. The van der Waals surface area contributed by atoms with Crippen LogP contribution in [0.4, 0.5) is 10.5 Å². The summed E-state index contributed by atoms with van der Waals surface area (Å²) in [7, 11) is 3.14. The first-order chi connectivity index (χ1) is 11.0. The molecule has 2 aromatic rings. The minimum atomic E-state index is -0.246. The van der Waals surface area contributed by atoms with E-state index >= 15 is 0 Å². The van der Waals surface area contributed by atoms with Gasteiger partial charge in [0.05, 0.1) is 20.3 Å². The normalized spacial score (nSPS) is 11.9. The fourth-order valence-electron chi connectivity index (χ4n) is 2.26. The summed E-state index contributed by atoms with van der Waals surface area (Å²) in [6.07, 6.45) is 0. The number of hydrogen-bond acceptors (Lipinski definition) is 4. The van der Waals surface area contributed by atoms with Crippen molar-refractivity contribution in [2.24, 2.45) is 5.92 Å². The van der Waals surface area contributed by atoms with Gasteiger partial charge in [-0.15, -0.1) is 11.3 Å². The lowest BCUT2D eigenvalue weighted by Gasteiger charge is -2.21. The molecule has 0 unspecified atom stereocenters. The van der Waals surface area contributed by atoms with E-state index < -0.39 is 0 Å². The Morgan fingerprint density at radius 2 is 1.87 bits per heavy atom. The Hall–Kier alpha value is -2.21. The van der Waals surface area contributed by atoms with E-state index in [-0.39, 0.29) is 12.1 Å². The van der Waals surface area contributed by atoms with E-state index in [9.17, 15) is 4.79 Å². The molecule has 1 aromatic heterocycles. The lowest BCUT2D eigenvalue weighted by molar-refractivity contribution is 0.245. The zero-order valence-corrected chi connectivity index (χ0v) is 14.6. The molecule has 0 aliphatic carbocycles.